The van der Waals surface area contributed by atoms with Gasteiger partial charge in [-0.3, -0.25) is 4.52 Å². The van der Waals surface area contributed by atoms with E-state index in [-0.39, 0.29) is 6.61 Å². The van der Waals surface area contributed by atoms with E-state index in [0.717, 1.165) is 0 Å². The molecule has 0 aliphatic carbocycles. The topological polar surface area (TPSA) is 61.8 Å². The normalized spacial score (nSPS) is 17.3. The molecule has 0 rings (SSSR count). The van der Waals surface area contributed by atoms with Gasteiger partial charge in [0.15, 0.2) is 0 Å². The van der Waals surface area contributed by atoms with Crippen LogP contribution in [0.15, 0.2) is 0 Å². The lowest BCUT2D eigenvalue weighted by atomic mass is 10.9. The van der Waals surface area contributed by atoms with Crippen LogP contribution in [0.3, 0.4) is 0 Å². The van der Waals surface area contributed by atoms with E-state index in [1.807, 2.05) is 0 Å². The highest BCUT2D eigenvalue weighted by atomic mass is 31.2. The summed E-state index contributed by atoms with van der Waals surface area (Å²) in [5.74, 6) is 0. The number of rotatable bonds is 4. The highest BCUT2D eigenvalue weighted by Crippen LogP contribution is 2.35. The molecule has 0 aromatic carbocycles. The first-order valence-corrected chi connectivity index (χ1v) is 4.48. The third-order valence-electron chi connectivity index (χ3n) is 0.630. The maximum absolute atomic E-state index is 10.8. The van der Waals surface area contributed by atoms with Crippen molar-refractivity contribution in [1.29, 1.82) is 0 Å². The molecule has 0 bridgehead atoms. The second-order valence-corrected chi connectivity index (χ2v) is 3.43. The molecule has 0 spiro atoms. The lowest BCUT2D eigenvalue weighted by molar-refractivity contribution is 0.225. The quantitative estimate of drug-likeness (QED) is 0.463. The zero-order chi connectivity index (χ0) is 8.20. The third kappa shape index (κ3) is 4.90. The van der Waals surface area contributed by atoms with Gasteiger partial charge in [0.1, 0.15) is 0 Å². The van der Waals surface area contributed by atoms with Crippen molar-refractivity contribution in [3.63, 3.8) is 0 Å². The highest BCUT2D eigenvalue weighted by molar-refractivity contribution is 7.50. The van der Waals surface area contributed by atoms with E-state index in [4.69, 9.17) is 4.89 Å². The summed E-state index contributed by atoms with van der Waals surface area (Å²) in [6.07, 6.45) is 0. The Labute approximate surface area is 60.5 Å². The molecule has 0 aromatic heterocycles. The summed E-state index contributed by atoms with van der Waals surface area (Å²) in [6, 6.07) is 0. The molecule has 0 aliphatic heterocycles. The molecule has 2 N–H and O–H groups in total. The number of hydrogen-bond acceptors (Lipinski definition) is 3. The lowest BCUT2D eigenvalue weighted by Crippen LogP contribution is -2.28. The second-order valence-electron chi connectivity index (χ2n) is 1.93. The molecule has 0 aromatic rings. The van der Waals surface area contributed by atoms with Crippen LogP contribution in [-0.2, 0) is 9.09 Å². The van der Waals surface area contributed by atoms with Crippen LogP contribution in [0, 0.1) is 0 Å². The molecule has 1 unspecified atom stereocenters. The van der Waals surface area contributed by atoms with Gasteiger partial charge in [-0.15, -0.1) is 0 Å². The van der Waals surface area contributed by atoms with Crippen molar-refractivity contribution in [3.05, 3.63) is 0 Å². The molecule has 5 nitrogen and oxygen atoms in total. The first-order chi connectivity index (χ1) is 4.48. The van der Waals surface area contributed by atoms with Gasteiger partial charge in [-0.05, 0) is 6.92 Å². The van der Waals surface area contributed by atoms with Gasteiger partial charge in [0.05, 0.1) is 6.61 Å². The Bertz CT molecular complexity index is 138. The van der Waals surface area contributed by atoms with Gasteiger partial charge >= 0.3 is 7.75 Å². The molecule has 6 heteroatoms. The van der Waals surface area contributed by atoms with E-state index in [1.54, 1.807) is 21.0 Å². The standard InChI is InChI=1S/C4H13N2O3P/c1-4-9-10(7,8)5-6(2)3/h4H2,1-3H3,(H2,5,7,8). The lowest BCUT2D eigenvalue weighted by Gasteiger charge is -2.16. The van der Waals surface area contributed by atoms with Crippen molar-refractivity contribution in [2.75, 3.05) is 20.7 Å². The van der Waals surface area contributed by atoms with Gasteiger partial charge in [0.25, 0.3) is 0 Å². The van der Waals surface area contributed by atoms with Gasteiger partial charge in [0, 0.05) is 14.1 Å². The predicted octanol–water partition coefficient (Wildman–Crippen LogP) is 0.190. The minimum Gasteiger partial charge on any atom is -0.312 e. The first kappa shape index (κ1) is 10.1. The number of hydrazine groups is 1. The Balaban J connectivity index is 3.75. The molecule has 0 aliphatic rings. The molecule has 0 saturated heterocycles. The van der Waals surface area contributed by atoms with Crippen LogP contribution in [0.4, 0.5) is 0 Å². The Kier molecular flexibility index (Phi) is 4.08. The summed E-state index contributed by atoms with van der Waals surface area (Å²) in [7, 11) is -0.347. The first-order valence-electron chi connectivity index (χ1n) is 2.90. The largest absolute Gasteiger partial charge is 0.416 e. The van der Waals surface area contributed by atoms with Crippen molar-refractivity contribution in [2.45, 2.75) is 6.92 Å². The fraction of sp³-hybridized carbons (Fsp3) is 1.00. The van der Waals surface area contributed by atoms with Crippen LogP contribution in [0.25, 0.3) is 0 Å². The minimum atomic E-state index is -3.57. The smallest absolute Gasteiger partial charge is 0.312 e. The predicted molar refractivity (Wildman–Crippen MR) is 38.3 cm³/mol. The fourth-order valence-electron chi connectivity index (χ4n) is 0.457. The van der Waals surface area contributed by atoms with E-state index in [9.17, 15) is 4.57 Å². The molecular weight excluding hydrogens is 155 g/mol. The molecule has 0 amide bonds. The molecule has 0 saturated carbocycles. The second kappa shape index (κ2) is 4.05. The van der Waals surface area contributed by atoms with Crippen molar-refractivity contribution < 1.29 is 14.0 Å². The molecule has 0 radical (unpaired) electrons. The Morgan fingerprint density at radius 1 is 1.70 bits per heavy atom. The Morgan fingerprint density at radius 2 is 2.20 bits per heavy atom. The maximum Gasteiger partial charge on any atom is 0.416 e. The third-order valence-corrected chi connectivity index (χ3v) is 1.89. The average Bonchev–Trinajstić information content (AvgIpc) is 1.59. The maximum atomic E-state index is 10.8. The van der Waals surface area contributed by atoms with Gasteiger partial charge in [-0.2, -0.15) is 5.20 Å². The van der Waals surface area contributed by atoms with Crippen LogP contribution in [-0.4, -0.2) is 30.6 Å². The molecule has 62 valence electrons. The fourth-order valence-corrected chi connectivity index (χ4v) is 1.37. The van der Waals surface area contributed by atoms with Crippen LogP contribution in [0.2, 0.25) is 0 Å². The average molecular weight is 168 g/mol. The van der Waals surface area contributed by atoms with Crippen molar-refractivity contribution in [1.82, 2.24) is 10.2 Å². The molecular formula is C4H13N2O3P. The molecule has 0 heterocycles. The van der Waals surface area contributed by atoms with E-state index in [1.165, 1.54) is 5.01 Å². The summed E-state index contributed by atoms with van der Waals surface area (Å²) in [5.41, 5.74) is 0. The summed E-state index contributed by atoms with van der Waals surface area (Å²) in [4.78, 5) is 8.87. The van der Waals surface area contributed by atoms with E-state index >= 15 is 0 Å². The van der Waals surface area contributed by atoms with E-state index in [2.05, 4.69) is 9.72 Å². The van der Waals surface area contributed by atoms with Gasteiger partial charge < -0.3 is 4.89 Å². The number of nitrogens with zero attached hydrogens (tertiary/aromatic N) is 1. The number of nitrogens with one attached hydrogen (secondary N) is 1. The monoisotopic (exact) mass is 168 g/mol. The van der Waals surface area contributed by atoms with Crippen LogP contribution < -0.4 is 5.20 Å². The van der Waals surface area contributed by atoms with Gasteiger partial charge in [-0.1, -0.05) is 0 Å². The molecule has 0 fully saturated rings. The molecule has 1 atom stereocenters. The van der Waals surface area contributed by atoms with Crippen molar-refractivity contribution in [2.24, 2.45) is 0 Å². The van der Waals surface area contributed by atoms with Crippen LogP contribution in [0.5, 0.6) is 0 Å². The van der Waals surface area contributed by atoms with Crippen LogP contribution in [0.1, 0.15) is 6.92 Å². The van der Waals surface area contributed by atoms with Crippen molar-refractivity contribution in [3.8, 4) is 0 Å². The minimum absolute atomic E-state index is 0.217. The zero-order valence-corrected chi connectivity index (χ0v) is 7.26. The summed E-state index contributed by atoms with van der Waals surface area (Å²) in [6.45, 7) is 1.87. The number of hydrogen-bond donors (Lipinski definition) is 2. The van der Waals surface area contributed by atoms with Gasteiger partial charge in [-0.25, -0.2) is 9.57 Å². The van der Waals surface area contributed by atoms with Crippen LogP contribution >= 0.6 is 7.75 Å². The van der Waals surface area contributed by atoms with Gasteiger partial charge in [0.2, 0.25) is 0 Å². The Hall–Kier alpha value is 0.0700. The Morgan fingerprint density at radius 3 is 2.50 bits per heavy atom. The van der Waals surface area contributed by atoms with Crippen molar-refractivity contribution >= 4 is 7.75 Å². The van der Waals surface area contributed by atoms with E-state index < -0.39 is 7.75 Å². The summed E-state index contributed by atoms with van der Waals surface area (Å²) >= 11 is 0. The zero-order valence-electron chi connectivity index (χ0n) is 6.37. The summed E-state index contributed by atoms with van der Waals surface area (Å²) < 4.78 is 15.3. The van der Waals surface area contributed by atoms with E-state index in [0.29, 0.717) is 0 Å². The summed E-state index contributed by atoms with van der Waals surface area (Å²) in [5, 5.41) is 3.61. The highest BCUT2D eigenvalue weighted by Gasteiger charge is 2.17. The SMILES string of the molecule is CCOP(=O)(O)NN(C)C. The molecule has 10 heavy (non-hydrogen) atoms.